The third kappa shape index (κ3) is 2.96. The van der Waals surface area contributed by atoms with Crippen LogP contribution in [0.25, 0.3) is 0 Å². The Hall–Kier alpha value is -0.0800. The molecule has 1 unspecified atom stereocenters. The van der Waals surface area contributed by atoms with Gasteiger partial charge in [0.25, 0.3) is 0 Å². The molecule has 2 aliphatic rings. The summed E-state index contributed by atoms with van der Waals surface area (Å²) in [5.41, 5.74) is 0. The Morgan fingerprint density at radius 1 is 1.29 bits per heavy atom. The van der Waals surface area contributed by atoms with Crippen molar-refractivity contribution in [2.45, 2.75) is 57.5 Å². The summed E-state index contributed by atoms with van der Waals surface area (Å²) in [7, 11) is 0. The van der Waals surface area contributed by atoms with Gasteiger partial charge in [-0.2, -0.15) is 0 Å². The van der Waals surface area contributed by atoms with E-state index in [1.165, 1.54) is 58.2 Å². The molecular weight excluding hydrogens is 172 g/mol. The van der Waals surface area contributed by atoms with Gasteiger partial charge in [-0.05, 0) is 45.2 Å². The zero-order chi connectivity index (χ0) is 9.80. The molecule has 1 atom stereocenters. The van der Waals surface area contributed by atoms with Crippen LogP contribution >= 0.6 is 0 Å². The molecule has 14 heavy (non-hydrogen) atoms. The molecule has 0 aromatic heterocycles. The predicted octanol–water partition coefficient (Wildman–Crippen LogP) is 2.00. The van der Waals surface area contributed by atoms with Crippen molar-refractivity contribution < 1.29 is 0 Å². The van der Waals surface area contributed by atoms with Crippen LogP contribution in [0.3, 0.4) is 0 Å². The van der Waals surface area contributed by atoms with E-state index in [1.807, 2.05) is 0 Å². The summed E-state index contributed by atoms with van der Waals surface area (Å²) >= 11 is 0. The molecule has 0 spiro atoms. The van der Waals surface area contributed by atoms with Gasteiger partial charge in [0.05, 0.1) is 0 Å². The van der Waals surface area contributed by atoms with E-state index in [0.717, 1.165) is 12.1 Å². The van der Waals surface area contributed by atoms with E-state index in [1.54, 1.807) is 0 Å². The number of hydrogen-bond donors (Lipinski definition) is 1. The van der Waals surface area contributed by atoms with Gasteiger partial charge >= 0.3 is 0 Å². The van der Waals surface area contributed by atoms with Crippen molar-refractivity contribution in [3.63, 3.8) is 0 Å². The third-order valence-electron chi connectivity index (χ3n) is 3.52. The largest absolute Gasteiger partial charge is 0.312 e. The molecule has 0 bridgehead atoms. The summed E-state index contributed by atoms with van der Waals surface area (Å²) in [6.45, 7) is 6.20. The monoisotopic (exact) mass is 196 g/mol. The number of nitrogens with zero attached hydrogens (tertiary/aromatic N) is 1. The van der Waals surface area contributed by atoms with E-state index in [2.05, 4.69) is 17.1 Å². The Morgan fingerprint density at radius 2 is 2.14 bits per heavy atom. The summed E-state index contributed by atoms with van der Waals surface area (Å²) in [6, 6.07) is 1.73. The molecule has 0 radical (unpaired) electrons. The number of unbranched alkanes of at least 4 members (excludes halogenated alkanes) is 1. The summed E-state index contributed by atoms with van der Waals surface area (Å²) in [5, 5.41) is 3.66. The molecule has 1 aliphatic carbocycles. The second-order valence-corrected chi connectivity index (χ2v) is 4.87. The SMILES string of the molecule is CCCCN1CCCC1CNC1CC1. The fourth-order valence-electron chi connectivity index (χ4n) is 2.37. The summed E-state index contributed by atoms with van der Waals surface area (Å²) in [4.78, 5) is 2.69. The van der Waals surface area contributed by atoms with Gasteiger partial charge in [0, 0.05) is 18.6 Å². The van der Waals surface area contributed by atoms with Gasteiger partial charge in [-0.3, -0.25) is 4.90 Å². The van der Waals surface area contributed by atoms with Crippen LogP contribution in [-0.4, -0.2) is 36.6 Å². The van der Waals surface area contributed by atoms with Gasteiger partial charge in [0.2, 0.25) is 0 Å². The topological polar surface area (TPSA) is 15.3 Å². The van der Waals surface area contributed by atoms with Gasteiger partial charge in [0.15, 0.2) is 0 Å². The van der Waals surface area contributed by atoms with Crippen molar-refractivity contribution in [1.82, 2.24) is 10.2 Å². The van der Waals surface area contributed by atoms with E-state index in [4.69, 9.17) is 0 Å². The quantitative estimate of drug-likeness (QED) is 0.699. The lowest BCUT2D eigenvalue weighted by Crippen LogP contribution is -2.39. The van der Waals surface area contributed by atoms with Crippen LogP contribution in [0.1, 0.15) is 45.4 Å². The van der Waals surface area contributed by atoms with Crippen molar-refractivity contribution in [2.24, 2.45) is 0 Å². The molecule has 1 N–H and O–H groups in total. The number of hydrogen-bond acceptors (Lipinski definition) is 2. The first-order chi connectivity index (χ1) is 6.90. The summed E-state index contributed by atoms with van der Waals surface area (Å²) < 4.78 is 0. The zero-order valence-corrected chi connectivity index (χ0v) is 9.47. The predicted molar refractivity (Wildman–Crippen MR) is 60.5 cm³/mol. The molecule has 2 nitrogen and oxygen atoms in total. The van der Waals surface area contributed by atoms with Gasteiger partial charge in [-0.25, -0.2) is 0 Å². The Kier molecular flexibility index (Phi) is 3.82. The maximum Gasteiger partial charge on any atom is 0.0221 e. The van der Waals surface area contributed by atoms with Crippen LogP contribution in [-0.2, 0) is 0 Å². The highest BCUT2D eigenvalue weighted by molar-refractivity contribution is 4.86. The van der Waals surface area contributed by atoms with E-state index >= 15 is 0 Å². The van der Waals surface area contributed by atoms with Crippen molar-refractivity contribution in [1.29, 1.82) is 0 Å². The standard InChI is InChI=1S/C12H24N2/c1-2-3-8-14-9-4-5-12(14)10-13-11-6-7-11/h11-13H,2-10H2,1H3. The van der Waals surface area contributed by atoms with Gasteiger partial charge < -0.3 is 5.32 Å². The lowest BCUT2D eigenvalue weighted by atomic mass is 10.2. The second kappa shape index (κ2) is 5.13. The van der Waals surface area contributed by atoms with E-state index in [-0.39, 0.29) is 0 Å². The van der Waals surface area contributed by atoms with Crippen molar-refractivity contribution >= 4 is 0 Å². The maximum absolute atomic E-state index is 3.66. The Bertz CT molecular complexity index is 166. The molecule has 82 valence electrons. The molecule has 2 fully saturated rings. The minimum absolute atomic E-state index is 0.849. The van der Waals surface area contributed by atoms with Gasteiger partial charge in [-0.15, -0.1) is 0 Å². The Labute approximate surface area is 88.1 Å². The average molecular weight is 196 g/mol. The van der Waals surface area contributed by atoms with Crippen LogP contribution in [0.4, 0.5) is 0 Å². The highest BCUT2D eigenvalue weighted by Crippen LogP contribution is 2.21. The molecule has 0 aromatic carbocycles. The van der Waals surface area contributed by atoms with Crippen LogP contribution in [0.2, 0.25) is 0 Å². The highest BCUT2D eigenvalue weighted by atomic mass is 15.2. The van der Waals surface area contributed by atoms with Crippen molar-refractivity contribution in [3.05, 3.63) is 0 Å². The summed E-state index contributed by atoms with van der Waals surface area (Å²) in [5.74, 6) is 0. The molecule has 1 saturated carbocycles. The molecular formula is C12H24N2. The van der Waals surface area contributed by atoms with Gasteiger partial charge in [0.1, 0.15) is 0 Å². The number of rotatable bonds is 6. The fraction of sp³-hybridized carbons (Fsp3) is 1.00. The zero-order valence-electron chi connectivity index (χ0n) is 9.47. The first-order valence-electron chi connectivity index (χ1n) is 6.37. The normalized spacial score (nSPS) is 28.5. The number of likely N-dealkylation sites (tertiary alicyclic amines) is 1. The van der Waals surface area contributed by atoms with E-state index in [9.17, 15) is 0 Å². The molecule has 1 saturated heterocycles. The van der Waals surface area contributed by atoms with Gasteiger partial charge in [-0.1, -0.05) is 13.3 Å². The number of nitrogens with one attached hydrogen (secondary N) is 1. The second-order valence-electron chi connectivity index (χ2n) is 4.87. The lowest BCUT2D eigenvalue weighted by Gasteiger charge is -2.24. The van der Waals surface area contributed by atoms with Crippen LogP contribution < -0.4 is 5.32 Å². The minimum atomic E-state index is 0.849. The van der Waals surface area contributed by atoms with Crippen LogP contribution in [0.15, 0.2) is 0 Å². The fourth-order valence-corrected chi connectivity index (χ4v) is 2.37. The highest BCUT2D eigenvalue weighted by Gasteiger charge is 2.26. The van der Waals surface area contributed by atoms with Crippen LogP contribution in [0, 0.1) is 0 Å². The average Bonchev–Trinajstić information content (AvgIpc) is 2.92. The lowest BCUT2D eigenvalue weighted by molar-refractivity contribution is 0.243. The first-order valence-corrected chi connectivity index (χ1v) is 6.37. The molecule has 2 rings (SSSR count). The molecule has 1 heterocycles. The third-order valence-corrected chi connectivity index (χ3v) is 3.52. The van der Waals surface area contributed by atoms with Crippen LogP contribution in [0.5, 0.6) is 0 Å². The maximum atomic E-state index is 3.66. The molecule has 1 aliphatic heterocycles. The first kappa shape index (κ1) is 10.4. The summed E-state index contributed by atoms with van der Waals surface area (Å²) in [6.07, 6.45) is 8.38. The van der Waals surface area contributed by atoms with Crippen molar-refractivity contribution in [2.75, 3.05) is 19.6 Å². The molecule has 0 amide bonds. The molecule has 0 aromatic rings. The minimum Gasteiger partial charge on any atom is -0.312 e. The Balaban J connectivity index is 1.66. The molecule has 2 heteroatoms. The van der Waals surface area contributed by atoms with E-state index < -0.39 is 0 Å². The van der Waals surface area contributed by atoms with Crippen molar-refractivity contribution in [3.8, 4) is 0 Å². The Morgan fingerprint density at radius 3 is 2.86 bits per heavy atom. The smallest absolute Gasteiger partial charge is 0.0221 e. The van der Waals surface area contributed by atoms with E-state index in [0.29, 0.717) is 0 Å².